The van der Waals surface area contributed by atoms with Gasteiger partial charge >= 0.3 is 0 Å². The van der Waals surface area contributed by atoms with Gasteiger partial charge in [-0.05, 0) is 65.7 Å². The van der Waals surface area contributed by atoms with E-state index in [0.717, 1.165) is 6.54 Å². The molecule has 0 saturated heterocycles. The smallest absolute Gasteiger partial charge is 0.107 e. The van der Waals surface area contributed by atoms with Crippen molar-refractivity contribution in [2.45, 2.75) is 59.8 Å². The Morgan fingerprint density at radius 2 is 1.82 bits per heavy atom. The minimum atomic E-state index is 0.209. The maximum atomic E-state index is 5.75. The second kappa shape index (κ2) is 9.01. The predicted molar refractivity (Wildman–Crippen MR) is 79.4 cm³/mol. The van der Waals surface area contributed by atoms with Crippen molar-refractivity contribution in [2.75, 3.05) is 19.8 Å². The molecule has 0 aliphatic rings. The number of thioether (sulfide) groups is 1. The highest BCUT2D eigenvalue weighted by Crippen LogP contribution is 2.19. The molecule has 0 aromatic rings. The normalized spacial score (nSPS) is 15.4. The second-order valence-electron chi connectivity index (χ2n) is 4.91. The molecule has 0 rings (SSSR count). The summed E-state index contributed by atoms with van der Waals surface area (Å²) in [5, 5.41) is 0. The van der Waals surface area contributed by atoms with Gasteiger partial charge in [-0.1, -0.05) is 5.57 Å². The number of hydrogen-bond acceptors (Lipinski definition) is 3. The summed E-state index contributed by atoms with van der Waals surface area (Å²) in [7, 11) is 2.13. The van der Waals surface area contributed by atoms with Crippen LogP contribution in [0.25, 0.3) is 0 Å². The molecule has 0 amide bonds. The second-order valence-corrected chi connectivity index (χ2v) is 5.93. The molecule has 102 valence electrons. The first-order valence-corrected chi connectivity index (χ1v) is 7.67. The zero-order chi connectivity index (χ0) is 13.4. The van der Waals surface area contributed by atoms with Crippen molar-refractivity contribution in [1.82, 2.24) is 4.90 Å². The van der Waals surface area contributed by atoms with Gasteiger partial charge in [0, 0.05) is 6.54 Å². The Hall–Kier alpha value is 0.01000. The minimum absolute atomic E-state index is 0.209. The Kier molecular flexibility index (Phi) is 9.01. The summed E-state index contributed by atoms with van der Waals surface area (Å²) < 4.78 is 5.75. The van der Waals surface area contributed by atoms with Gasteiger partial charge in [0.2, 0.25) is 0 Å². The minimum Gasteiger partial charge on any atom is -0.361 e. The van der Waals surface area contributed by atoms with Crippen molar-refractivity contribution in [3.8, 4) is 0 Å². The first-order valence-electron chi connectivity index (χ1n) is 6.44. The van der Waals surface area contributed by atoms with Crippen LogP contribution < -0.4 is 0 Å². The number of rotatable bonds is 8. The molecular formula is C14H29NOS. The van der Waals surface area contributed by atoms with Crippen LogP contribution in [0.4, 0.5) is 0 Å². The molecule has 0 N–H and O–H groups in total. The standard InChI is InChI=1S/C14H29NOS/c1-11(2)16-14(5)15(6)10-8-9-12(3)13(4)17-7/h11,14H,8-10H2,1-7H3/b13-12+. The molecule has 0 aromatic carbocycles. The highest BCUT2D eigenvalue weighted by molar-refractivity contribution is 8.02. The zero-order valence-corrected chi connectivity index (χ0v) is 13.4. The van der Waals surface area contributed by atoms with Crippen LogP contribution in [-0.4, -0.2) is 37.1 Å². The first kappa shape index (κ1) is 17.0. The van der Waals surface area contributed by atoms with Crippen molar-refractivity contribution in [3.05, 3.63) is 10.5 Å². The van der Waals surface area contributed by atoms with Crippen LogP contribution in [0.2, 0.25) is 0 Å². The number of ether oxygens (including phenoxy) is 1. The van der Waals surface area contributed by atoms with Gasteiger partial charge in [0.1, 0.15) is 6.23 Å². The molecule has 0 bridgehead atoms. The maximum absolute atomic E-state index is 5.75. The third-order valence-electron chi connectivity index (χ3n) is 3.06. The Balaban J connectivity index is 3.89. The van der Waals surface area contributed by atoms with Crippen LogP contribution in [0, 0.1) is 0 Å². The SMILES string of the molecule is CS/C(C)=C(\C)CCCN(C)C(C)OC(C)C. The maximum Gasteiger partial charge on any atom is 0.107 e. The third-order valence-corrected chi connectivity index (χ3v) is 4.02. The molecule has 2 nitrogen and oxygen atoms in total. The van der Waals surface area contributed by atoms with Crippen molar-refractivity contribution in [1.29, 1.82) is 0 Å². The van der Waals surface area contributed by atoms with Crippen molar-refractivity contribution in [3.63, 3.8) is 0 Å². The van der Waals surface area contributed by atoms with Crippen LogP contribution in [0.5, 0.6) is 0 Å². The van der Waals surface area contributed by atoms with Gasteiger partial charge in [-0.25, -0.2) is 0 Å². The summed E-state index contributed by atoms with van der Waals surface area (Å²) >= 11 is 1.85. The van der Waals surface area contributed by atoms with E-state index in [1.807, 2.05) is 11.8 Å². The largest absolute Gasteiger partial charge is 0.361 e. The van der Waals surface area contributed by atoms with Crippen molar-refractivity contribution < 1.29 is 4.74 Å². The van der Waals surface area contributed by atoms with E-state index in [9.17, 15) is 0 Å². The average Bonchev–Trinajstić information content (AvgIpc) is 2.26. The molecule has 0 aromatic heterocycles. The summed E-state index contributed by atoms with van der Waals surface area (Å²) in [5.41, 5.74) is 1.52. The Bertz CT molecular complexity index is 238. The molecule has 1 unspecified atom stereocenters. The van der Waals surface area contributed by atoms with Crippen LogP contribution in [-0.2, 0) is 4.74 Å². The van der Waals surface area contributed by atoms with E-state index >= 15 is 0 Å². The molecule has 1 atom stereocenters. The van der Waals surface area contributed by atoms with Crippen LogP contribution in [0.15, 0.2) is 10.5 Å². The topological polar surface area (TPSA) is 12.5 Å². The fraction of sp³-hybridized carbons (Fsp3) is 0.857. The fourth-order valence-electron chi connectivity index (χ4n) is 1.62. The van der Waals surface area contributed by atoms with E-state index in [4.69, 9.17) is 4.74 Å². The predicted octanol–water partition coefficient (Wildman–Crippen LogP) is 4.13. The van der Waals surface area contributed by atoms with Crippen LogP contribution >= 0.6 is 11.8 Å². The van der Waals surface area contributed by atoms with Gasteiger partial charge < -0.3 is 4.74 Å². The first-order chi connectivity index (χ1) is 7.88. The van der Waals surface area contributed by atoms with Gasteiger partial charge in [-0.3, -0.25) is 4.90 Å². The van der Waals surface area contributed by atoms with Gasteiger partial charge in [0.25, 0.3) is 0 Å². The van der Waals surface area contributed by atoms with E-state index in [1.54, 1.807) is 0 Å². The molecule has 3 heteroatoms. The molecule has 0 aliphatic carbocycles. The summed E-state index contributed by atoms with van der Waals surface area (Å²) in [6.45, 7) is 11.8. The molecule has 0 saturated carbocycles. The summed E-state index contributed by atoms with van der Waals surface area (Å²) in [6.07, 6.45) is 5.04. The van der Waals surface area contributed by atoms with Gasteiger partial charge in [0.05, 0.1) is 6.10 Å². The van der Waals surface area contributed by atoms with E-state index in [1.165, 1.54) is 23.3 Å². The van der Waals surface area contributed by atoms with E-state index in [2.05, 4.69) is 52.8 Å². The molecule has 0 fully saturated rings. The molecule has 0 heterocycles. The van der Waals surface area contributed by atoms with E-state index in [0.29, 0.717) is 6.10 Å². The third kappa shape index (κ3) is 7.85. The van der Waals surface area contributed by atoms with Gasteiger partial charge in [0.15, 0.2) is 0 Å². The number of nitrogens with zero attached hydrogens (tertiary/aromatic N) is 1. The summed E-state index contributed by atoms with van der Waals surface area (Å²) in [4.78, 5) is 3.74. The monoisotopic (exact) mass is 259 g/mol. The number of allylic oxidation sites excluding steroid dienone is 2. The molecular weight excluding hydrogens is 230 g/mol. The molecule has 0 aliphatic heterocycles. The Morgan fingerprint density at radius 3 is 2.29 bits per heavy atom. The zero-order valence-electron chi connectivity index (χ0n) is 12.5. The van der Waals surface area contributed by atoms with E-state index in [-0.39, 0.29) is 6.23 Å². The average molecular weight is 259 g/mol. The highest BCUT2D eigenvalue weighted by atomic mass is 32.2. The summed E-state index contributed by atoms with van der Waals surface area (Å²) in [5.74, 6) is 0. The Labute approximate surface area is 112 Å². The summed E-state index contributed by atoms with van der Waals surface area (Å²) in [6, 6.07) is 0. The molecule has 0 radical (unpaired) electrons. The molecule has 17 heavy (non-hydrogen) atoms. The van der Waals surface area contributed by atoms with Crippen molar-refractivity contribution in [2.24, 2.45) is 0 Å². The van der Waals surface area contributed by atoms with Gasteiger partial charge in [-0.15, -0.1) is 11.8 Å². The molecule has 0 spiro atoms. The number of hydrogen-bond donors (Lipinski definition) is 0. The van der Waals surface area contributed by atoms with Gasteiger partial charge in [-0.2, -0.15) is 0 Å². The lowest BCUT2D eigenvalue weighted by atomic mass is 10.1. The lowest BCUT2D eigenvalue weighted by molar-refractivity contribution is -0.0662. The quantitative estimate of drug-likeness (QED) is 0.608. The van der Waals surface area contributed by atoms with Crippen molar-refractivity contribution >= 4 is 11.8 Å². The van der Waals surface area contributed by atoms with Crippen LogP contribution in [0.3, 0.4) is 0 Å². The highest BCUT2D eigenvalue weighted by Gasteiger charge is 2.10. The lowest BCUT2D eigenvalue weighted by Crippen LogP contribution is -2.34. The van der Waals surface area contributed by atoms with E-state index < -0.39 is 0 Å². The Morgan fingerprint density at radius 1 is 1.24 bits per heavy atom. The van der Waals surface area contributed by atoms with Crippen LogP contribution in [0.1, 0.15) is 47.5 Å². The fourth-order valence-corrected chi connectivity index (χ4v) is 2.07. The lowest BCUT2D eigenvalue weighted by Gasteiger charge is -2.26.